The molecule has 102 valence electrons. The molecule has 1 rings (SSSR count). The molecule has 0 heterocycles. The van der Waals surface area contributed by atoms with Crippen LogP contribution >= 0.6 is 12.4 Å². The van der Waals surface area contributed by atoms with Gasteiger partial charge in [-0.25, -0.2) is 0 Å². The second-order valence-corrected chi connectivity index (χ2v) is 5.07. The average molecular weight is 271 g/mol. The Morgan fingerprint density at radius 2 is 2.06 bits per heavy atom. The summed E-state index contributed by atoms with van der Waals surface area (Å²) in [5.41, 5.74) is 7.76. The van der Waals surface area contributed by atoms with E-state index < -0.39 is 0 Å². The fourth-order valence-corrected chi connectivity index (χ4v) is 1.71. The molecule has 3 N–H and O–H groups in total. The van der Waals surface area contributed by atoms with E-state index in [-0.39, 0.29) is 23.7 Å². The average Bonchev–Trinajstić information content (AvgIpc) is 2.27. The van der Waals surface area contributed by atoms with E-state index in [4.69, 9.17) is 5.73 Å². The third-order valence-corrected chi connectivity index (χ3v) is 2.90. The first-order chi connectivity index (χ1) is 7.95. The van der Waals surface area contributed by atoms with Gasteiger partial charge in [0.05, 0.1) is 0 Å². The van der Waals surface area contributed by atoms with Crippen LogP contribution in [-0.4, -0.2) is 19.0 Å². The predicted octanol–water partition coefficient (Wildman–Crippen LogP) is 2.16. The first-order valence-corrected chi connectivity index (χ1v) is 5.99. The van der Waals surface area contributed by atoms with Crippen LogP contribution in [0.25, 0.3) is 0 Å². The van der Waals surface area contributed by atoms with E-state index in [0.29, 0.717) is 19.5 Å². The Bertz CT molecular complexity index is 391. The first kappa shape index (κ1) is 16.9. The van der Waals surface area contributed by atoms with Gasteiger partial charge in [0.25, 0.3) is 0 Å². The summed E-state index contributed by atoms with van der Waals surface area (Å²) < 4.78 is 0. The molecule has 0 spiro atoms. The largest absolute Gasteiger partial charge is 0.355 e. The van der Waals surface area contributed by atoms with E-state index in [2.05, 4.69) is 44.3 Å². The Hall–Kier alpha value is -1.06. The van der Waals surface area contributed by atoms with Gasteiger partial charge in [0.2, 0.25) is 5.91 Å². The molecule has 0 aliphatic carbocycles. The van der Waals surface area contributed by atoms with Gasteiger partial charge in [-0.15, -0.1) is 12.4 Å². The minimum Gasteiger partial charge on any atom is -0.355 e. The second kappa shape index (κ2) is 7.39. The van der Waals surface area contributed by atoms with Gasteiger partial charge >= 0.3 is 0 Å². The minimum absolute atomic E-state index is 0. The van der Waals surface area contributed by atoms with E-state index in [1.54, 1.807) is 0 Å². The predicted molar refractivity (Wildman–Crippen MR) is 78.1 cm³/mol. The molecule has 0 saturated heterocycles. The van der Waals surface area contributed by atoms with Gasteiger partial charge in [0, 0.05) is 24.9 Å². The standard InChI is InChI=1S/C14H22N2O.ClH/c1-11-5-4-6-12(9-11)14(2,3)10-16-13(17)7-8-15;/h4-6,9H,7-8,10,15H2,1-3H3,(H,16,17);1H. The van der Waals surface area contributed by atoms with Crippen molar-refractivity contribution in [3.63, 3.8) is 0 Å². The summed E-state index contributed by atoms with van der Waals surface area (Å²) in [7, 11) is 0. The zero-order valence-electron chi connectivity index (χ0n) is 11.3. The van der Waals surface area contributed by atoms with E-state index >= 15 is 0 Å². The van der Waals surface area contributed by atoms with Crippen LogP contribution in [-0.2, 0) is 10.2 Å². The van der Waals surface area contributed by atoms with E-state index in [1.165, 1.54) is 11.1 Å². The van der Waals surface area contributed by atoms with Crippen molar-refractivity contribution in [3.05, 3.63) is 35.4 Å². The lowest BCUT2D eigenvalue weighted by Gasteiger charge is -2.26. The number of amides is 1. The van der Waals surface area contributed by atoms with Crippen molar-refractivity contribution in [1.29, 1.82) is 0 Å². The molecule has 0 aliphatic heterocycles. The lowest BCUT2D eigenvalue weighted by Crippen LogP contribution is -2.37. The van der Waals surface area contributed by atoms with Crippen molar-refractivity contribution in [2.45, 2.75) is 32.6 Å². The molecule has 0 aliphatic rings. The van der Waals surface area contributed by atoms with Crippen LogP contribution in [0, 0.1) is 6.92 Å². The molecule has 0 fully saturated rings. The molecule has 0 radical (unpaired) electrons. The molecule has 0 aromatic heterocycles. The SMILES string of the molecule is Cc1cccc(C(C)(C)CNC(=O)CCN)c1.Cl. The molecule has 18 heavy (non-hydrogen) atoms. The van der Waals surface area contributed by atoms with Gasteiger partial charge in [-0.1, -0.05) is 43.7 Å². The van der Waals surface area contributed by atoms with Crippen LogP contribution in [0.4, 0.5) is 0 Å². The van der Waals surface area contributed by atoms with Gasteiger partial charge in [-0.05, 0) is 12.5 Å². The van der Waals surface area contributed by atoms with Crippen LogP contribution in [0.5, 0.6) is 0 Å². The number of nitrogens with one attached hydrogen (secondary N) is 1. The summed E-state index contributed by atoms with van der Waals surface area (Å²) in [6, 6.07) is 8.39. The number of rotatable bonds is 5. The summed E-state index contributed by atoms with van der Waals surface area (Å²) in [5, 5.41) is 2.92. The van der Waals surface area contributed by atoms with Crippen molar-refractivity contribution in [3.8, 4) is 0 Å². The number of nitrogens with two attached hydrogens (primary N) is 1. The van der Waals surface area contributed by atoms with Gasteiger partial charge in [0.15, 0.2) is 0 Å². The highest BCUT2D eigenvalue weighted by atomic mass is 35.5. The van der Waals surface area contributed by atoms with Crippen molar-refractivity contribution in [2.24, 2.45) is 5.73 Å². The molecule has 3 nitrogen and oxygen atoms in total. The van der Waals surface area contributed by atoms with Gasteiger partial charge < -0.3 is 11.1 Å². The number of carbonyl (C=O) groups excluding carboxylic acids is 1. The molecule has 4 heteroatoms. The quantitative estimate of drug-likeness (QED) is 0.862. The lowest BCUT2D eigenvalue weighted by molar-refractivity contribution is -0.121. The fraction of sp³-hybridized carbons (Fsp3) is 0.500. The third kappa shape index (κ3) is 5.07. The zero-order valence-corrected chi connectivity index (χ0v) is 12.1. The van der Waals surface area contributed by atoms with Crippen LogP contribution < -0.4 is 11.1 Å². The molecule has 0 atom stereocenters. The topological polar surface area (TPSA) is 55.1 Å². The Morgan fingerprint density at radius 3 is 2.61 bits per heavy atom. The number of aryl methyl sites for hydroxylation is 1. The molecular weight excluding hydrogens is 248 g/mol. The van der Waals surface area contributed by atoms with E-state index in [9.17, 15) is 4.79 Å². The third-order valence-electron chi connectivity index (χ3n) is 2.90. The maximum Gasteiger partial charge on any atom is 0.221 e. The Kier molecular flexibility index (Phi) is 6.96. The van der Waals surface area contributed by atoms with Crippen LogP contribution in [0.2, 0.25) is 0 Å². The summed E-state index contributed by atoms with van der Waals surface area (Å²) in [6.45, 7) is 7.37. The zero-order chi connectivity index (χ0) is 12.9. The van der Waals surface area contributed by atoms with Crippen LogP contribution in [0.1, 0.15) is 31.4 Å². The summed E-state index contributed by atoms with van der Waals surface area (Å²) in [5.74, 6) is 0.0215. The van der Waals surface area contributed by atoms with Crippen molar-refractivity contribution in [2.75, 3.05) is 13.1 Å². The highest BCUT2D eigenvalue weighted by Crippen LogP contribution is 2.22. The summed E-state index contributed by atoms with van der Waals surface area (Å²) in [4.78, 5) is 11.4. The van der Waals surface area contributed by atoms with Gasteiger partial charge in [-0.2, -0.15) is 0 Å². The van der Waals surface area contributed by atoms with E-state index in [0.717, 1.165) is 0 Å². The fourth-order valence-electron chi connectivity index (χ4n) is 1.71. The smallest absolute Gasteiger partial charge is 0.221 e. The van der Waals surface area contributed by atoms with Crippen LogP contribution in [0.15, 0.2) is 24.3 Å². The first-order valence-electron chi connectivity index (χ1n) is 5.99. The van der Waals surface area contributed by atoms with E-state index in [1.807, 2.05) is 6.07 Å². The number of benzene rings is 1. The second-order valence-electron chi connectivity index (χ2n) is 5.07. The van der Waals surface area contributed by atoms with Gasteiger partial charge in [0.1, 0.15) is 0 Å². The summed E-state index contributed by atoms with van der Waals surface area (Å²) >= 11 is 0. The minimum atomic E-state index is -0.0592. The van der Waals surface area contributed by atoms with Crippen molar-refractivity contribution in [1.82, 2.24) is 5.32 Å². The molecule has 1 aromatic carbocycles. The molecule has 0 bridgehead atoms. The van der Waals surface area contributed by atoms with Crippen LogP contribution in [0.3, 0.4) is 0 Å². The normalized spacial score (nSPS) is 10.7. The number of hydrogen-bond donors (Lipinski definition) is 2. The van der Waals surface area contributed by atoms with Gasteiger partial charge in [-0.3, -0.25) is 4.79 Å². The monoisotopic (exact) mass is 270 g/mol. The number of carbonyl (C=O) groups is 1. The Balaban J connectivity index is 0.00000289. The lowest BCUT2D eigenvalue weighted by atomic mass is 9.84. The maximum atomic E-state index is 11.4. The molecule has 0 saturated carbocycles. The van der Waals surface area contributed by atoms with Crippen molar-refractivity contribution >= 4 is 18.3 Å². The number of hydrogen-bond acceptors (Lipinski definition) is 2. The maximum absolute atomic E-state index is 11.4. The molecular formula is C14H23ClN2O. The highest BCUT2D eigenvalue weighted by Gasteiger charge is 2.21. The number of halogens is 1. The Labute approximate surface area is 116 Å². The Morgan fingerprint density at radius 1 is 1.39 bits per heavy atom. The van der Waals surface area contributed by atoms with Crippen molar-refractivity contribution < 1.29 is 4.79 Å². The molecule has 0 unspecified atom stereocenters. The highest BCUT2D eigenvalue weighted by molar-refractivity contribution is 5.85. The summed E-state index contributed by atoms with van der Waals surface area (Å²) in [6.07, 6.45) is 0.393. The molecule has 1 amide bonds. The molecule has 1 aromatic rings.